The van der Waals surface area contributed by atoms with E-state index in [1.165, 1.54) is 17.0 Å². The fourth-order valence-electron chi connectivity index (χ4n) is 3.38. The van der Waals surface area contributed by atoms with Gasteiger partial charge in [0.2, 0.25) is 23.5 Å². The smallest absolute Gasteiger partial charge is 0.232 e. The van der Waals surface area contributed by atoms with E-state index in [1.54, 1.807) is 36.4 Å². The molecule has 4 rings (SSSR count). The average molecular weight is 422 g/mol. The third-order valence-corrected chi connectivity index (χ3v) is 5.12. The van der Waals surface area contributed by atoms with Gasteiger partial charge >= 0.3 is 0 Å². The lowest BCUT2D eigenvalue weighted by Crippen LogP contribution is -2.28. The molecule has 160 valence electrons. The first-order valence-electron chi connectivity index (χ1n) is 10.0. The molecule has 0 aliphatic carbocycles. The molecule has 0 spiro atoms. The van der Waals surface area contributed by atoms with Gasteiger partial charge in [0, 0.05) is 29.6 Å². The number of anilines is 2. The van der Waals surface area contributed by atoms with Gasteiger partial charge in [-0.25, -0.2) is 4.39 Å². The van der Waals surface area contributed by atoms with Crippen LogP contribution in [0.15, 0.2) is 53.1 Å². The van der Waals surface area contributed by atoms with E-state index in [0.717, 1.165) is 5.56 Å². The number of benzene rings is 2. The van der Waals surface area contributed by atoms with Crippen molar-refractivity contribution in [2.24, 2.45) is 5.92 Å². The molecular formula is C23H23FN4O3. The Labute approximate surface area is 179 Å². The predicted molar refractivity (Wildman–Crippen MR) is 114 cm³/mol. The Morgan fingerprint density at radius 3 is 2.52 bits per heavy atom. The third-order valence-electron chi connectivity index (χ3n) is 5.12. The molecule has 0 saturated carbocycles. The van der Waals surface area contributed by atoms with Crippen LogP contribution in [0.3, 0.4) is 0 Å². The number of nitrogens with zero attached hydrogens (tertiary/aromatic N) is 3. The minimum Gasteiger partial charge on any atom is -0.338 e. The van der Waals surface area contributed by atoms with Crippen LogP contribution in [0.5, 0.6) is 0 Å². The highest BCUT2D eigenvalue weighted by atomic mass is 19.1. The predicted octanol–water partition coefficient (Wildman–Crippen LogP) is 4.16. The van der Waals surface area contributed by atoms with Gasteiger partial charge in [0.25, 0.3) is 0 Å². The molecule has 1 aliphatic rings. The highest BCUT2D eigenvalue weighted by Gasteiger charge is 2.36. The lowest BCUT2D eigenvalue weighted by Gasteiger charge is -2.17. The molecule has 1 N–H and O–H groups in total. The van der Waals surface area contributed by atoms with Crippen LogP contribution in [-0.2, 0) is 15.0 Å². The fraction of sp³-hybridized carbons (Fsp3) is 0.304. The zero-order valence-corrected chi connectivity index (χ0v) is 17.6. The SMILES string of the molecule is CC(C)(C)c1nc(-c2ccc(NC(=O)[C@@H]3CC(=O)N(c4ccccc4F)C3)cc2)no1. The van der Waals surface area contributed by atoms with Gasteiger partial charge in [-0.05, 0) is 36.4 Å². The first-order chi connectivity index (χ1) is 14.7. The Kier molecular flexibility index (Phi) is 5.31. The highest BCUT2D eigenvalue weighted by molar-refractivity contribution is 6.03. The lowest BCUT2D eigenvalue weighted by molar-refractivity contribution is -0.122. The van der Waals surface area contributed by atoms with Crippen LogP contribution in [0.25, 0.3) is 11.4 Å². The van der Waals surface area contributed by atoms with Crippen molar-refractivity contribution in [1.82, 2.24) is 10.1 Å². The molecule has 1 saturated heterocycles. The van der Waals surface area contributed by atoms with Crippen molar-refractivity contribution in [3.8, 4) is 11.4 Å². The van der Waals surface area contributed by atoms with E-state index in [2.05, 4.69) is 15.5 Å². The van der Waals surface area contributed by atoms with Crippen molar-refractivity contribution in [3.05, 3.63) is 60.2 Å². The zero-order valence-electron chi connectivity index (χ0n) is 17.6. The maximum Gasteiger partial charge on any atom is 0.232 e. The van der Waals surface area contributed by atoms with Crippen molar-refractivity contribution in [3.63, 3.8) is 0 Å². The minimum absolute atomic E-state index is 0.0384. The van der Waals surface area contributed by atoms with Gasteiger partial charge in [-0.3, -0.25) is 9.59 Å². The second kappa shape index (κ2) is 7.94. The zero-order chi connectivity index (χ0) is 22.2. The molecule has 0 unspecified atom stereocenters. The number of amides is 2. The van der Waals surface area contributed by atoms with Crippen molar-refractivity contribution < 1.29 is 18.5 Å². The molecule has 1 fully saturated rings. The lowest BCUT2D eigenvalue weighted by atomic mass is 9.97. The molecule has 8 heteroatoms. The maximum absolute atomic E-state index is 14.0. The summed E-state index contributed by atoms with van der Waals surface area (Å²) in [7, 11) is 0. The third kappa shape index (κ3) is 4.33. The second-order valence-electron chi connectivity index (χ2n) is 8.60. The normalized spacial score (nSPS) is 16.6. The van der Waals surface area contributed by atoms with Gasteiger partial charge in [-0.2, -0.15) is 4.98 Å². The van der Waals surface area contributed by atoms with Crippen molar-refractivity contribution in [1.29, 1.82) is 0 Å². The Bertz CT molecular complexity index is 1120. The van der Waals surface area contributed by atoms with E-state index in [1.807, 2.05) is 20.8 Å². The number of carbonyl (C=O) groups excluding carboxylic acids is 2. The molecule has 2 amide bonds. The van der Waals surface area contributed by atoms with Gasteiger partial charge in [0.1, 0.15) is 5.82 Å². The Balaban J connectivity index is 1.42. The quantitative estimate of drug-likeness (QED) is 0.682. The largest absolute Gasteiger partial charge is 0.338 e. The van der Waals surface area contributed by atoms with Crippen LogP contribution < -0.4 is 10.2 Å². The van der Waals surface area contributed by atoms with Gasteiger partial charge in [0.15, 0.2) is 0 Å². The molecule has 0 bridgehead atoms. The maximum atomic E-state index is 14.0. The molecule has 1 aromatic heterocycles. The van der Waals surface area contributed by atoms with Gasteiger partial charge in [0.05, 0.1) is 11.6 Å². The topological polar surface area (TPSA) is 88.3 Å². The van der Waals surface area contributed by atoms with E-state index < -0.39 is 11.7 Å². The number of carbonyl (C=O) groups is 2. The number of hydrogen-bond acceptors (Lipinski definition) is 5. The number of nitrogens with one attached hydrogen (secondary N) is 1. The molecule has 2 aromatic carbocycles. The van der Waals surface area contributed by atoms with Gasteiger partial charge in [-0.15, -0.1) is 0 Å². The fourth-order valence-corrected chi connectivity index (χ4v) is 3.38. The van der Waals surface area contributed by atoms with Crippen LogP contribution in [0.1, 0.15) is 33.1 Å². The van der Waals surface area contributed by atoms with E-state index in [0.29, 0.717) is 17.4 Å². The summed E-state index contributed by atoms with van der Waals surface area (Å²) in [6.07, 6.45) is 0.0384. The van der Waals surface area contributed by atoms with Crippen molar-refractivity contribution in [2.45, 2.75) is 32.6 Å². The summed E-state index contributed by atoms with van der Waals surface area (Å²) in [6, 6.07) is 13.1. The van der Waals surface area contributed by atoms with Crippen LogP contribution in [0.4, 0.5) is 15.8 Å². The van der Waals surface area contributed by atoms with E-state index in [4.69, 9.17) is 4.52 Å². The van der Waals surface area contributed by atoms with Gasteiger partial charge < -0.3 is 14.7 Å². The highest BCUT2D eigenvalue weighted by Crippen LogP contribution is 2.29. The molecule has 31 heavy (non-hydrogen) atoms. The number of para-hydroxylation sites is 1. The van der Waals surface area contributed by atoms with E-state index in [-0.39, 0.29) is 35.9 Å². The Hall–Kier alpha value is -3.55. The number of hydrogen-bond donors (Lipinski definition) is 1. The van der Waals surface area contributed by atoms with Crippen LogP contribution >= 0.6 is 0 Å². The summed E-state index contributed by atoms with van der Waals surface area (Å²) < 4.78 is 19.3. The summed E-state index contributed by atoms with van der Waals surface area (Å²) in [5.74, 6) is -0.571. The van der Waals surface area contributed by atoms with E-state index >= 15 is 0 Å². The molecule has 7 nitrogen and oxygen atoms in total. The van der Waals surface area contributed by atoms with E-state index in [9.17, 15) is 14.0 Å². The molecule has 0 radical (unpaired) electrons. The molecule has 1 atom stereocenters. The standard InChI is InChI=1S/C23H23FN4O3/c1-23(2,3)22-26-20(27-31-22)14-8-10-16(11-9-14)25-21(30)15-12-19(29)28(13-15)18-7-5-4-6-17(18)24/h4-11,15H,12-13H2,1-3H3,(H,25,30)/t15-/m1/s1. The number of aromatic nitrogens is 2. The summed E-state index contributed by atoms with van der Waals surface area (Å²) in [5, 5.41) is 6.84. The number of rotatable bonds is 4. The van der Waals surface area contributed by atoms with Crippen molar-refractivity contribution in [2.75, 3.05) is 16.8 Å². The summed E-state index contributed by atoms with van der Waals surface area (Å²) in [5.41, 5.74) is 1.31. The van der Waals surface area contributed by atoms with Crippen LogP contribution in [0.2, 0.25) is 0 Å². The molecule has 1 aliphatic heterocycles. The number of halogens is 1. The molecular weight excluding hydrogens is 399 g/mol. The van der Waals surface area contributed by atoms with Gasteiger partial charge in [-0.1, -0.05) is 38.1 Å². The Morgan fingerprint density at radius 2 is 1.87 bits per heavy atom. The first kappa shape index (κ1) is 20.7. The summed E-state index contributed by atoms with van der Waals surface area (Å²) in [6.45, 7) is 6.11. The first-order valence-corrected chi connectivity index (χ1v) is 10.0. The summed E-state index contributed by atoms with van der Waals surface area (Å²) in [4.78, 5) is 30.7. The van der Waals surface area contributed by atoms with Crippen LogP contribution in [-0.4, -0.2) is 28.5 Å². The summed E-state index contributed by atoms with van der Waals surface area (Å²) >= 11 is 0. The minimum atomic E-state index is -0.557. The average Bonchev–Trinajstić information content (AvgIpc) is 3.36. The monoisotopic (exact) mass is 422 g/mol. The Morgan fingerprint density at radius 1 is 1.16 bits per heavy atom. The van der Waals surface area contributed by atoms with Crippen molar-refractivity contribution >= 4 is 23.2 Å². The molecule has 2 heterocycles. The van der Waals surface area contributed by atoms with Crippen LogP contribution in [0, 0.1) is 11.7 Å². The second-order valence-corrected chi connectivity index (χ2v) is 8.60. The molecule has 3 aromatic rings.